The molecule has 1 rings (SSSR count). The fraction of sp³-hybridized carbons (Fsp3) is 0.739. The Morgan fingerprint density at radius 2 is 2.00 bits per heavy atom. The topological polar surface area (TPSA) is 83.8 Å². The molecule has 0 saturated heterocycles. The summed E-state index contributed by atoms with van der Waals surface area (Å²) in [5.74, 6) is -0.580. The van der Waals surface area contributed by atoms with Gasteiger partial charge in [-0.1, -0.05) is 50.5 Å². The van der Waals surface area contributed by atoms with Gasteiger partial charge in [0, 0.05) is 24.7 Å². The van der Waals surface area contributed by atoms with E-state index < -0.39 is 12.2 Å². The Morgan fingerprint density at radius 1 is 1.25 bits per heavy atom. The number of esters is 1. The fourth-order valence-corrected chi connectivity index (χ4v) is 3.53. The average Bonchev–Trinajstić information content (AvgIpc) is 2.88. The van der Waals surface area contributed by atoms with Crippen LogP contribution in [0.4, 0.5) is 0 Å². The summed E-state index contributed by atoms with van der Waals surface area (Å²) in [5, 5.41) is 20.2. The zero-order chi connectivity index (χ0) is 20.9. The highest BCUT2D eigenvalue weighted by Crippen LogP contribution is 2.33. The van der Waals surface area contributed by atoms with Gasteiger partial charge in [-0.2, -0.15) is 0 Å². The Balaban J connectivity index is 2.42. The second-order valence-electron chi connectivity index (χ2n) is 8.01. The van der Waals surface area contributed by atoms with Gasteiger partial charge in [-0.25, -0.2) is 0 Å². The maximum atomic E-state index is 12.2. The number of carbonyl (C=O) groups is 2. The molecule has 0 heterocycles. The summed E-state index contributed by atoms with van der Waals surface area (Å²) in [6, 6.07) is 0. The quantitative estimate of drug-likeness (QED) is 0.279. The Labute approximate surface area is 169 Å². The highest BCUT2D eigenvalue weighted by Gasteiger charge is 2.39. The number of allylic oxidation sites excluding steroid dienone is 2. The summed E-state index contributed by atoms with van der Waals surface area (Å²) >= 11 is 0. The molecule has 0 aromatic heterocycles. The summed E-state index contributed by atoms with van der Waals surface area (Å²) < 4.78 is 5.09. The molecule has 4 unspecified atom stereocenters. The van der Waals surface area contributed by atoms with Crippen LogP contribution in [0.5, 0.6) is 0 Å². The van der Waals surface area contributed by atoms with Crippen LogP contribution in [0.2, 0.25) is 0 Å². The van der Waals surface area contributed by atoms with Crippen molar-refractivity contribution in [3.63, 3.8) is 0 Å². The number of Topliss-reactive ketones (excluding diaryl/α,β-unsaturated/α-hetero) is 1. The molecule has 1 fully saturated rings. The van der Waals surface area contributed by atoms with Crippen molar-refractivity contribution in [3.05, 3.63) is 24.3 Å². The third-order valence-corrected chi connectivity index (χ3v) is 5.07. The monoisotopic (exact) mass is 394 g/mol. The molecule has 0 amide bonds. The molecule has 1 aliphatic rings. The van der Waals surface area contributed by atoms with E-state index in [9.17, 15) is 19.8 Å². The van der Waals surface area contributed by atoms with E-state index in [4.69, 9.17) is 4.74 Å². The van der Waals surface area contributed by atoms with Crippen LogP contribution >= 0.6 is 0 Å². The molecule has 2 N–H and O–H groups in total. The number of hydrogen-bond donors (Lipinski definition) is 2. The molecule has 0 radical (unpaired) electrons. The van der Waals surface area contributed by atoms with Crippen LogP contribution in [-0.4, -0.2) is 40.3 Å². The van der Waals surface area contributed by atoms with Gasteiger partial charge in [0.1, 0.15) is 5.78 Å². The number of rotatable bonds is 13. The zero-order valence-electron chi connectivity index (χ0n) is 17.7. The van der Waals surface area contributed by atoms with Gasteiger partial charge in [-0.3, -0.25) is 9.59 Å². The van der Waals surface area contributed by atoms with Crippen molar-refractivity contribution < 1.29 is 24.5 Å². The van der Waals surface area contributed by atoms with E-state index in [0.29, 0.717) is 19.3 Å². The Morgan fingerprint density at radius 3 is 2.68 bits per heavy atom. The first-order valence-electron chi connectivity index (χ1n) is 10.8. The Kier molecular flexibility index (Phi) is 12.0. The lowest BCUT2D eigenvalue weighted by Gasteiger charge is -2.16. The van der Waals surface area contributed by atoms with Crippen LogP contribution in [0, 0.1) is 11.8 Å². The van der Waals surface area contributed by atoms with Gasteiger partial charge in [0.2, 0.25) is 0 Å². The Bertz CT molecular complexity index is 523. The van der Waals surface area contributed by atoms with E-state index in [1.54, 1.807) is 6.08 Å². The second kappa shape index (κ2) is 13.7. The van der Waals surface area contributed by atoms with Crippen LogP contribution < -0.4 is 0 Å². The number of hydrogen-bond acceptors (Lipinski definition) is 5. The molecule has 5 heteroatoms. The summed E-state index contributed by atoms with van der Waals surface area (Å²) in [5.41, 5.74) is 0. The van der Waals surface area contributed by atoms with E-state index in [1.807, 2.05) is 32.1 Å². The zero-order valence-corrected chi connectivity index (χ0v) is 17.7. The van der Waals surface area contributed by atoms with Crippen molar-refractivity contribution in [2.24, 2.45) is 11.8 Å². The van der Waals surface area contributed by atoms with Crippen LogP contribution in [0.1, 0.15) is 78.6 Å². The van der Waals surface area contributed by atoms with Gasteiger partial charge in [0.25, 0.3) is 0 Å². The minimum Gasteiger partial charge on any atom is -0.463 e. The van der Waals surface area contributed by atoms with Crippen molar-refractivity contribution in [3.8, 4) is 0 Å². The fourth-order valence-electron chi connectivity index (χ4n) is 3.53. The SMILES string of the molecule is CCCCCC(O)/C=C/C1C(O)CC(=O)C1C/C=C/CCCC(=O)OC(C)C. The number of aliphatic hydroxyl groups excluding tert-OH is 2. The van der Waals surface area contributed by atoms with Crippen molar-refractivity contribution in [2.45, 2.75) is 96.9 Å². The molecule has 0 spiro atoms. The number of unbranched alkanes of at least 4 members (excludes halogenated alkanes) is 3. The van der Waals surface area contributed by atoms with Crippen LogP contribution in [0.3, 0.4) is 0 Å². The van der Waals surface area contributed by atoms with E-state index in [2.05, 4.69) is 6.92 Å². The smallest absolute Gasteiger partial charge is 0.306 e. The second-order valence-corrected chi connectivity index (χ2v) is 8.01. The lowest BCUT2D eigenvalue weighted by molar-refractivity contribution is -0.147. The number of ether oxygens (including phenoxy) is 1. The molecule has 0 aromatic rings. The van der Waals surface area contributed by atoms with E-state index in [1.165, 1.54) is 0 Å². The maximum Gasteiger partial charge on any atom is 0.306 e. The first-order chi connectivity index (χ1) is 13.3. The third-order valence-electron chi connectivity index (χ3n) is 5.07. The van der Waals surface area contributed by atoms with Gasteiger partial charge >= 0.3 is 5.97 Å². The summed E-state index contributed by atoms with van der Waals surface area (Å²) in [6.45, 7) is 5.79. The summed E-state index contributed by atoms with van der Waals surface area (Å²) in [6.07, 6.45) is 12.8. The molecule has 28 heavy (non-hydrogen) atoms. The Hall–Kier alpha value is -1.46. The lowest BCUT2D eigenvalue weighted by atomic mass is 9.90. The van der Waals surface area contributed by atoms with Gasteiger partial charge < -0.3 is 14.9 Å². The molecule has 0 bridgehead atoms. The van der Waals surface area contributed by atoms with E-state index in [-0.39, 0.29) is 36.1 Å². The number of carbonyl (C=O) groups excluding carboxylic acids is 2. The largest absolute Gasteiger partial charge is 0.463 e. The number of ketones is 1. The van der Waals surface area contributed by atoms with Gasteiger partial charge in [-0.05, 0) is 39.5 Å². The first kappa shape index (κ1) is 24.6. The molecule has 1 saturated carbocycles. The molecule has 0 aromatic carbocycles. The minimum atomic E-state index is -0.671. The molecule has 160 valence electrons. The van der Waals surface area contributed by atoms with E-state index in [0.717, 1.165) is 32.1 Å². The maximum absolute atomic E-state index is 12.2. The van der Waals surface area contributed by atoms with Crippen LogP contribution in [-0.2, 0) is 14.3 Å². The van der Waals surface area contributed by atoms with Crippen molar-refractivity contribution >= 4 is 11.8 Å². The van der Waals surface area contributed by atoms with Crippen molar-refractivity contribution in [1.29, 1.82) is 0 Å². The first-order valence-corrected chi connectivity index (χ1v) is 10.8. The normalized spacial score (nSPS) is 23.9. The van der Waals surface area contributed by atoms with Crippen LogP contribution in [0.25, 0.3) is 0 Å². The standard InChI is InChI=1S/C23H38O5/c1-4-5-8-11-18(24)14-15-20-19(21(25)16-22(20)26)12-9-6-7-10-13-23(27)28-17(2)3/h6,9,14-15,17-20,22,24,26H,4-5,7-8,10-13,16H2,1-3H3/b9-6+,15-14+. The predicted octanol–water partition coefficient (Wildman–Crippen LogP) is 4.12. The van der Waals surface area contributed by atoms with E-state index >= 15 is 0 Å². The minimum absolute atomic E-state index is 0.0767. The summed E-state index contributed by atoms with van der Waals surface area (Å²) in [4.78, 5) is 23.7. The highest BCUT2D eigenvalue weighted by molar-refractivity contribution is 5.84. The van der Waals surface area contributed by atoms with Crippen molar-refractivity contribution in [2.75, 3.05) is 0 Å². The average molecular weight is 395 g/mol. The van der Waals surface area contributed by atoms with Crippen molar-refractivity contribution in [1.82, 2.24) is 0 Å². The predicted molar refractivity (Wildman–Crippen MR) is 111 cm³/mol. The molecular formula is C23H38O5. The molecule has 4 atom stereocenters. The third kappa shape index (κ3) is 9.65. The van der Waals surface area contributed by atoms with Gasteiger partial charge in [-0.15, -0.1) is 0 Å². The molecular weight excluding hydrogens is 356 g/mol. The lowest BCUT2D eigenvalue weighted by Crippen LogP contribution is -2.18. The molecule has 5 nitrogen and oxygen atoms in total. The summed E-state index contributed by atoms with van der Waals surface area (Å²) in [7, 11) is 0. The highest BCUT2D eigenvalue weighted by atomic mass is 16.5. The number of aliphatic hydroxyl groups is 2. The van der Waals surface area contributed by atoms with Gasteiger partial charge in [0.15, 0.2) is 0 Å². The van der Waals surface area contributed by atoms with Crippen LogP contribution in [0.15, 0.2) is 24.3 Å². The van der Waals surface area contributed by atoms with Gasteiger partial charge in [0.05, 0.1) is 18.3 Å². The molecule has 1 aliphatic carbocycles. The molecule has 0 aliphatic heterocycles.